The van der Waals surface area contributed by atoms with Crippen molar-refractivity contribution in [2.45, 2.75) is 0 Å². The summed E-state index contributed by atoms with van der Waals surface area (Å²) in [6.07, 6.45) is 0. The van der Waals surface area contributed by atoms with Crippen LogP contribution in [0, 0.1) is 17.1 Å². The molecule has 15 heavy (non-hydrogen) atoms. The molecule has 0 fully saturated rings. The summed E-state index contributed by atoms with van der Waals surface area (Å²) in [5, 5.41) is 10.5. The number of ether oxygens (including phenoxy) is 1. The van der Waals surface area contributed by atoms with Gasteiger partial charge in [-0.1, -0.05) is 12.1 Å². The van der Waals surface area contributed by atoms with Crippen molar-refractivity contribution in [2.75, 3.05) is 13.2 Å². The van der Waals surface area contributed by atoms with E-state index in [0.29, 0.717) is 0 Å². The summed E-state index contributed by atoms with van der Waals surface area (Å²) in [6.45, 7) is -0.387. The minimum atomic E-state index is -0.523. The molecule has 0 saturated carbocycles. The Bertz CT molecular complexity index is 387. The lowest BCUT2D eigenvalue weighted by Crippen LogP contribution is -2.29. The first-order chi connectivity index (χ1) is 7.24. The molecule has 1 aromatic carbocycles. The van der Waals surface area contributed by atoms with Crippen molar-refractivity contribution in [3.63, 3.8) is 0 Å². The number of carbonyl (C=O) groups is 1. The molecule has 0 heterocycles. The van der Waals surface area contributed by atoms with Crippen LogP contribution in [0.5, 0.6) is 5.75 Å². The SMILES string of the molecule is N#CCNC(=O)COc1ccccc1F. The van der Waals surface area contributed by atoms with Gasteiger partial charge in [-0.2, -0.15) is 5.26 Å². The predicted octanol–water partition coefficient (Wildman–Crippen LogP) is 0.844. The molecule has 1 N–H and O–H groups in total. The van der Waals surface area contributed by atoms with Crippen molar-refractivity contribution in [2.24, 2.45) is 0 Å². The third kappa shape index (κ3) is 3.65. The number of nitriles is 1. The number of nitrogens with zero attached hydrogens (tertiary/aromatic N) is 1. The second-order valence-corrected chi connectivity index (χ2v) is 2.65. The first kappa shape index (κ1) is 11.0. The summed E-state index contributed by atoms with van der Waals surface area (Å²) in [7, 11) is 0. The summed E-state index contributed by atoms with van der Waals surface area (Å²) < 4.78 is 17.9. The van der Waals surface area contributed by atoms with Gasteiger partial charge >= 0.3 is 0 Å². The topological polar surface area (TPSA) is 62.1 Å². The Morgan fingerprint density at radius 1 is 1.53 bits per heavy atom. The highest BCUT2D eigenvalue weighted by Crippen LogP contribution is 2.14. The van der Waals surface area contributed by atoms with E-state index in [4.69, 9.17) is 10.00 Å². The smallest absolute Gasteiger partial charge is 0.258 e. The minimum absolute atomic E-state index is 0.0182. The largest absolute Gasteiger partial charge is 0.481 e. The quantitative estimate of drug-likeness (QED) is 0.746. The molecule has 5 heteroatoms. The third-order valence-electron chi connectivity index (χ3n) is 1.56. The Morgan fingerprint density at radius 3 is 2.93 bits per heavy atom. The van der Waals surface area contributed by atoms with Crippen molar-refractivity contribution in [3.05, 3.63) is 30.1 Å². The van der Waals surface area contributed by atoms with Gasteiger partial charge in [-0.25, -0.2) is 4.39 Å². The van der Waals surface area contributed by atoms with Crippen LogP contribution in [0.25, 0.3) is 0 Å². The highest BCUT2D eigenvalue weighted by atomic mass is 19.1. The number of halogens is 1. The first-order valence-electron chi connectivity index (χ1n) is 4.25. The Balaban J connectivity index is 2.41. The van der Waals surface area contributed by atoms with Gasteiger partial charge in [-0.3, -0.25) is 4.79 Å². The van der Waals surface area contributed by atoms with Gasteiger partial charge in [0, 0.05) is 0 Å². The summed E-state index contributed by atoms with van der Waals surface area (Å²) in [5.74, 6) is -0.963. The highest BCUT2D eigenvalue weighted by Gasteiger charge is 2.04. The molecule has 0 aliphatic carbocycles. The lowest BCUT2D eigenvalue weighted by Gasteiger charge is -2.05. The van der Waals surface area contributed by atoms with Crippen LogP contribution >= 0.6 is 0 Å². The molecule has 4 nitrogen and oxygen atoms in total. The Hall–Kier alpha value is -2.09. The van der Waals surface area contributed by atoms with Crippen molar-refractivity contribution >= 4 is 5.91 Å². The van der Waals surface area contributed by atoms with Gasteiger partial charge in [0.15, 0.2) is 18.2 Å². The Kier molecular flexibility index (Phi) is 4.10. The number of benzene rings is 1. The van der Waals surface area contributed by atoms with E-state index in [-0.39, 0.29) is 18.9 Å². The summed E-state index contributed by atoms with van der Waals surface area (Å²) in [5.41, 5.74) is 0. The van der Waals surface area contributed by atoms with Gasteiger partial charge in [0.2, 0.25) is 0 Å². The molecular weight excluding hydrogens is 199 g/mol. The van der Waals surface area contributed by atoms with Crippen molar-refractivity contribution in [1.82, 2.24) is 5.32 Å². The molecule has 0 aromatic heterocycles. The molecule has 1 aromatic rings. The fourth-order valence-corrected chi connectivity index (χ4v) is 0.894. The molecular formula is C10H9FN2O2. The number of hydrogen-bond donors (Lipinski definition) is 1. The van der Waals surface area contributed by atoms with E-state index >= 15 is 0 Å². The van der Waals surface area contributed by atoms with Gasteiger partial charge in [-0.15, -0.1) is 0 Å². The van der Waals surface area contributed by atoms with Crippen molar-refractivity contribution < 1.29 is 13.9 Å². The summed E-state index contributed by atoms with van der Waals surface area (Å²) in [4.78, 5) is 11.0. The number of carbonyl (C=O) groups excluding carboxylic acids is 1. The lowest BCUT2D eigenvalue weighted by atomic mass is 10.3. The molecule has 0 aliphatic heterocycles. The Morgan fingerprint density at radius 2 is 2.27 bits per heavy atom. The number of amides is 1. The van der Waals surface area contributed by atoms with Crippen LogP contribution in [0.15, 0.2) is 24.3 Å². The Labute approximate surface area is 86.3 Å². The van der Waals surface area contributed by atoms with Crippen LogP contribution in [0.3, 0.4) is 0 Å². The van der Waals surface area contributed by atoms with Crippen LogP contribution in [0.1, 0.15) is 0 Å². The maximum atomic E-state index is 13.0. The molecule has 1 rings (SSSR count). The maximum Gasteiger partial charge on any atom is 0.258 e. The van der Waals surface area contributed by atoms with Gasteiger partial charge < -0.3 is 10.1 Å². The molecule has 0 radical (unpaired) electrons. The average Bonchev–Trinajstić information content (AvgIpc) is 2.25. The molecule has 0 saturated heterocycles. The number of rotatable bonds is 4. The summed E-state index contributed by atoms with van der Waals surface area (Å²) in [6, 6.07) is 7.54. The monoisotopic (exact) mass is 208 g/mol. The lowest BCUT2D eigenvalue weighted by molar-refractivity contribution is -0.122. The number of hydrogen-bond acceptors (Lipinski definition) is 3. The van der Waals surface area contributed by atoms with E-state index in [1.54, 1.807) is 12.1 Å². The molecule has 0 atom stereocenters. The van der Waals surface area contributed by atoms with E-state index in [1.165, 1.54) is 18.2 Å². The van der Waals surface area contributed by atoms with Gasteiger partial charge in [0.25, 0.3) is 5.91 Å². The standard InChI is InChI=1S/C10H9FN2O2/c11-8-3-1-2-4-9(8)15-7-10(14)13-6-5-12/h1-4H,6-7H2,(H,13,14). The first-order valence-corrected chi connectivity index (χ1v) is 4.25. The van der Waals surface area contributed by atoms with Crippen LogP contribution in [-0.2, 0) is 4.79 Å². The van der Waals surface area contributed by atoms with Gasteiger partial charge in [0.05, 0.1) is 6.07 Å². The molecule has 78 valence electrons. The van der Waals surface area contributed by atoms with Gasteiger partial charge in [-0.05, 0) is 12.1 Å². The zero-order valence-electron chi connectivity index (χ0n) is 7.87. The van der Waals surface area contributed by atoms with Crippen LogP contribution in [0.4, 0.5) is 4.39 Å². The van der Waals surface area contributed by atoms with E-state index in [2.05, 4.69) is 5.32 Å². The second-order valence-electron chi connectivity index (χ2n) is 2.65. The molecule has 0 bridgehead atoms. The van der Waals surface area contributed by atoms with Crippen LogP contribution < -0.4 is 10.1 Å². The number of nitrogens with one attached hydrogen (secondary N) is 1. The van der Waals surface area contributed by atoms with Crippen molar-refractivity contribution in [3.8, 4) is 11.8 Å². The average molecular weight is 208 g/mol. The van der Waals surface area contributed by atoms with E-state index < -0.39 is 11.7 Å². The second kappa shape index (κ2) is 5.60. The fraction of sp³-hybridized carbons (Fsp3) is 0.200. The van der Waals surface area contributed by atoms with E-state index in [1.807, 2.05) is 0 Å². The predicted molar refractivity (Wildman–Crippen MR) is 50.5 cm³/mol. The van der Waals surface area contributed by atoms with Gasteiger partial charge in [0.1, 0.15) is 6.54 Å². The summed E-state index contributed by atoms with van der Waals surface area (Å²) >= 11 is 0. The van der Waals surface area contributed by atoms with E-state index in [0.717, 1.165) is 0 Å². The van der Waals surface area contributed by atoms with Crippen molar-refractivity contribution in [1.29, 1.82) is 5.26 Å². The number of para-hydroxylation sites is 1. The highest BCUT2D eigenvalue weighted by molar-refractivity contribution is 5.77. The van der Waals surface area contributed by atoms with Crippen LogP contribution in [-0.4, -0.2) is 19.1 Å². The fourth-order valence-electron chi connectivity index (χ4n) is 0.894. The van der Waals surface area contributed by atoms with Crippen LogP contribution in [0.2, 0.25) is 0 Å². The zero-order valence-corrected chi connectivity index (χ0v) is 7.87. The molecule has 0 aliphatic rings. The molecule has 0 unspecified atom stereocenters. The third-order valence-corrected chi connectivity index (χ3v) is 1.56. The van der Waals surface area contributed by atoms with E-state index in [9.17, 15) is 9.18 Å². The molecule has 1 amide bonds. The molecule has 0 spiro atoms. The normalized spacial score (nSPS) is 9.07. The zero-order chi connectivity index (χ0) is 11.1. The maximum absolute atomic E-state index is 13.0. The minimum Gasteiger partial charge on any atom is -0.481 e.